The van der Waals surface area contributed by atoms with Crippen molar-refractivity contribution in [2.24, 2.45) is 16.6 Å². The number of carbonyl (C=O) groups excluding carboxylic acids is 4. The second-order valence-corrected chi connectivity index (χ2v) is 22.4. The molecule has 0 spiro atoms. The number of likely N-dealkylation sites (tertiary alicyclic amines) is 2. The fourth-order valence-electron chi connectivity index (χ4n) is 8.93. The van der Waals surface area contributed by atoms with Gasteiger partial charge in [0, 0.05) is 29.4 Å². The van der Waals surface area contributed by atoms with Crippen molar-refractivity contribution >= 4 is 52.9 Å². The molecule has 3 aliphatic heterocycles. The van der Waals surface area contributed by atoms with Crippen LogP contribution in [0.5, 0.6) is 0 Å². The quantitative estimate of drug-likeness (QED) is 0.0553. The fraction of sp³-hybridized carbons (Fsp3) is 0.579. The second-order valence-electron chi connectivity index (χ2n) is 21.0. The van der Waals surface area contributed by atoms with E-state index in [2.05, 4.69) is 52.2 Å². The number of aromatic nitrogens is 4. The minimum atomic E-state index is -0.941. The highest BCUT2D eigenvalue weighted by Gasteiger charge is 2.45. The van der Waals surface area contributed by atoms with E-state index < -0.39 is 53.9 Å². The highest BCUT2D eigenvalue weighted by atomic mass is 35.5. The molecule has 3 aromatic carbocycles. The summed E-state index contributed by atoms with van der Waals surface area (Å²) in [5.41, 5.74) is 6.84. The minimum Gasteiger partial charge on any atom is -0.477 e. The summed E-state index contributed by atoms with van der Waals surface area (Å²) in [5.74, 6) is 0.210. The molecular formula is C57H84ClN11O8S. The number of nitrogens with two attached hydrogens (primary N) is 1. The van der Waals surface area contributed by atoms with Gasteiger partial charge in [0.25, 0.3) is 0 Å². The first-order valence-corrected chi connectivity index (χ1v) is 28.5. The molecule has 6 N–H and O–H groups in total. The Hall–Kier alpha value is -5.48. The third kappa shape index (κ3) is 18.8. The summed E-state index contributed by atoms with van der Waals surface area (Å²) in [4.78, 5) is 62.1. The van der Waals surface area contributed by atoms with Gasteiger partial charge in [0.1, 0.15) is 30.3 Å². The highest BCUT2D eigenvalue weighted by molar-refractivity contribution is 7.99. The van der Waals surface area contributed by atoms with Crippen molar-refractivity contribution in [3.05, 3.63) is 101 Å². The molecule has 21 heteroatoms. The van der Waals surface area contributed by atoms with Crippen LogP contribution >= 0.6 is 23.4 Å². The van der Waals surface area contributed by atoms with E-state index in [0.29, 0.717) is 55.2 Å². The maximum absolute atomic E-state index is 13.9. The lowest BCUT2D eigenvalue weighted by molar-refractivity contribution is -0.143. The molecule has 9 atom stereocenters. The van der Waals surface area contributed by atoms with E-state index in [9.17, 15) is 24.3 Å². The first-order chi connectivity index (χ1) is 37.3. The van der Waals surface area contributed by atoms with Crippen LogP contribution in [0.1, 0.15) is 106 Å². The van der Waals surface area contributed by atoms with Crippen LogP contribution < -0.4 is 21.7 Å². The third-order valence-electron chi connectivity index (χ3n) is 13.8. The van der Waals surface area contributed by atoms with Gasteiger partial charge in [0.2, 0.25) is 34.7 Å². The SMILES string of the molecule is CC(N)C(=O)NC(C(=O)N1CCCC1C1=NC(CO)(Cc2cccc(Cl)c2)CO1)C(C)OCc1ccccc1.CCC(C)C.CNC(C)C(=O)NC(C(=O)N1CCCC1Cn1nnnc1Sc1ccccc1)C(C)OC(C)C. The summed E-state index contributed by atoms with van der Waals surface area (Å²) < 4.78 is 19.7. The van der Waals surface area contributed by atoms with Crippen molar-refractivity contribution < 1.29 is 38.5 Å². The molecule has 2 saturated heterocycles. The van der Waals surface area contributed by atoms with E-state index in [1.807, 2.05) is 105 Å². The molecule has 9 unspecified atom stereocenters. The monoisotopic (exact) mass is 1120 g/mol. The van der Waals surface area contributed by atoms with Crippen molar-refractivity contribution in [3.8, 4) is 0 Å². The van der Waals surface area contributed by atoms with E-state index in [1.165, 1.54) is 18.2 Å². The number of carbonyl (C=O) groups is 4. The zero-order valence-electron chi connectivity index (χ0n) is 47.1. The highest BCUT2D eigenvalue weighted by Crippen LogP contribution is 2.31. The normalized spacial score (nSPS) is 20.3. The average Bonchev–Trinajstić information content (AvgIpc) is 4.29. The average molecular weight is 1120 g/mol. The van der Waals surface area contributed by atoms with Crippen LogP contribution in [0.4, 0.5) is 0 Å². The second kappa shape index (κ2) is 31.3. The predicted octanol–water partition coefficient (Wildman–Crippen LogP) is 6.24. The summed E-state index contributed by atoms with van der Waals surface area (Å²) in [6, 6.07) is 23.6. The molecule has 0 aliphatic carbocycles. The van der Waals surface area contributed by atoms with Gasteiger partial charge in [-0.25, -0.2) is 9.67 Å². The predicted molar refractivity (Wildman–Crippen MR) is 304 cm³/mol. The Morgan fingerprint density at radius 3 is 2.09 bits per heavy atom. The Labute approximate surface area is 470 Å². The van der Waals surface area contributed by atoms with Gasteiger partial charge in [-0.05, 0) is 138 Å². The summed E-state index contributed by atoms with van der Waals surface area (Å²) in [5, 5.41) is 32.4. The first kappa shape index (κ1) is 63.4. The Balaban J connectivity index is 0.000000266. The van der Waals surface area contributed by atoms with Crippen molar-refractivity contribution in [2.75, 3.05) is 33.4 Å². The van der Waals surface area contributed by atoms with Crippen molar-refractivity contribution in [2.45, 2.75) is 184 Å². The molecule has 2 fully saturated rings. The summed E-state index contributed by atoms with van der Waals surface area (Å²) >= 11 is 7.64. The summed E-state index contributed by atoms with van der Waals surface area (Å²) in [6.45, 7) is 19.3. The molecule has 0 saturated carbocycles. The topological polar surface area (TPSA) is 241 Å². The Morgan fingerprint density at radius 2 is 1.46 bits per heavy atom. The van der Waals surface area contributed by atoms with Gasteiger partial charge in [0.05, 0.1) is 56.2 Å². The number of likely N-dealkylation sites (N-methyl/N-ethyl adjacent to an activating group) is 1. The number of nitrogens with one attached hydrogen (secondary N) is 3. The maximum atomic E-state index is 13.9. The largest absolute Gasteiger partial charge is 0.477 e. The molecule has 78 heavy (non-hydrogen) atoms. The van der Waals surface area contributed by atoms with Crippen LogP contribution in [0.3, 0.4) is 0 Å². The van der Waals surface area contributed by atoms with E-state index in [-0.39, 0.29) is 43.1 Å². The van der Waals surface area contributed by atoms with Gasteiger partial charge in [-0.15, -0.1) is 5.10 Å². The Morgan fingerprint density at radius 1 is 0.846 bits per heavy atom. The number of amides is 4. The molecule has 0 radical (unpaired) electrons. The van der Waals surface area contributed by atoms with Crippen LogP contribution in [0.2, 0.25) is 5.02 Å². The van der Waals surface area contributed by atoms with E-state index >= 15 is 0 Å². The van der Waals surface area contributed by atoms with Crippen LogP contribution in [-0.4, -0.2) is 158 Å². The van der Waals surface area contributed by atoms with Crippen LogP contribution in [0, 0.1) is 5.92 Å². The van der Waals surface area contributed by atoms with Crippen LogP contribution in [-0.2, 0) is 53.0 Å². The van der Waals surface area contributed by atoms with E-state index in [0.717, 1.165) is 41.2 Å². The van der Waals surface area contributed by atoms with Crippen LogP contribution in [0.15, 0.2) is 100.0 Å². The summed E-state index contributed by atoms with van der Waals surface area (Å²) in [6.07, 6.45) is 3.73. The molecule has 19 nitrogen and oxygen atoms in total. The molecular weight excluding hydrogens is 1030 g/mol. The number of aliphatic imine (C=N–C) groups is 1. The molecule has 1 aromatic heterocycles. The first-order valence-electron chi connectivity index (χ1n) is 27.3. The molecule has 7 rings (SSSR count). The van der Waals surface area contributed by atoms with Gasteiger partial charge < -0.3 is 50.8 Å². The number of tetrazole rings is 1. The minimum absolute atomic E-state index is 0.0708. The third-order valence-corrected chi connectivity index (χ3v) is 15.1. The smallest absolute Gasteiger partial charge is 0.248 e. The van der Waals surface area contributed by atoms with Crippen LogP contribution in [0.25, 0.3) is 0 Å². The molecule has 3 aliphatic rings. The Bertz CT molecular complexity index is 2520. The molecule has 4 heterocycles. The van der Waals surface area contributed by atoms with Gasteiger partial charge in [-0.2, -0.15) is 0 Å². The maximum Gasteiger partial charge on any atom is 0.248 e. The van der Waals surface area contributed by atoms with Crippen molar-refractivity contribution in [3.63, 3.8) is 0 Å². The number of rotatable bonds is 23. The lowest BCUT2D eigenvalue weighted by Crippen LogP contribution is -2.58. The van der Waals surface area contributed by atoms with Gasteiger partial charge in [-0.3, -0.25) is 19.2 Å². The standard InChI is InChI=1S/C29H37ClN4O5.C23H35N7O3S.C5H12/c1-19(31)26(36)32-25(20(2)38-16-21-8-4-3-5-9-21)28(37)34-13-7-12-24(34)27-33-29(17-35,18-39-27)15-22-10-6-11-23(30)14-22;1-15(2)33-17(4)20(25-21(31)16(3)24-5)22(32)29-13-9-10-18(29)14-30-23(26-27-28-30)34-19-11-7-6-8-12-19;1-4-5(2)3/h3-6,8-11,14,19-20,24-25,35H,7,12-13,15-18,31H2,1-2H3,(H,32,36);6-8,11-12,15-18,20,24H,9-10,13-14H2,1-5H3,(H,25,31);5H,4H2,1-3H3. The zero-order chi connectivity index (χ0) is 56.9. The number of hydrogen-bond donors (Lipinski definition) is 5. The van der Waals surface area contributed by atoms with E-state index in [4.69, 9.17) is 36.5 Å². The van der Waals surface area contributed by atoms with Gasteiger partial charge in [-0.1, -0.05) is 99.5 Å². The molecule has 428 valence electrons. The summed E-state index contributed by atoms with van der Waals surface area (Å²) in [7, 11) is 1.71. The number of ether oxygens (including phenoxy) is 3. The lowest BCUT2D eigenvalue weighted by Gasteiger charge is -2.33. The van der Waals surface area contributed by atoms with Crippen molar-refractivity contribution in [1.29, 1.82) is 0 Å². The number of benzene rings is 3. The number of nitrogens with zero attached hydrogens (tertiary/aromatic N) is 7. The zero-order valence-corrected chi connectivity index (χ0v) is 48.7. The van der Waals surface area contributed by atoms with E-state index in [1.54, 1.807) is 43.5 Å². The number of aliphatic hydroxyl groups is 1. The fourth-order valence-corrected chi connectivity index (χ4v) is 9.94. The van der Waals surface area contributed by atoms with Gasteiger partial charge >= 0.3 is 0 Å². The number of hydrogen-bond acceptors (Lipinski definition) is 15. The lowest BCUT2D eigenvalue weighted by atomic mass is 9.93. The number of halogens is 1. The molecule has 0 bridgehead atoms. The van der Waals surface area contributed by atoms with Gasteiger partial charge in [0.15, 0.2) is 0 Å². The number of aliphatic hydroxyl groups excluding tert-OH is 1. The van der Waals surface area contributed by atoms with Crippen molar-refractivity contribution in [1.82, 2.24) is 46.0 Å². The molecule has 4 aromatic rings. The molecule has 4 amide bonds. The Kier molecular flexibility index (Phi) is 25.5.